The molecule has 0 spiro atoms. The number of carbonyl (C=O) groups is 1. The lowest BCUT2D eigenvalue weighted by atomic mass is 10.1. The van der Waals surface area contributed by atoms with Crippen LogP contribution >= 0.6 is 15.9 Å². The van der Waals surface area contributed by atoms with Gasteiger partial charge in [0.2, 0.25) is 5.91 Å². The van der Waals surface area contributed by atoms with Crippen molar-refractivity contribution in [1.29, 1.82) is 0 Å². The third kappa shape index (κ3) is 1.42. The summed E-state index contributed by atoms with van der Waals surface area (Å²) >= 11 is 3.44. The molecule has 0 saturated heterocycles. The van der Waals surface area contributed by atoms with E-state index in [-0.39, 0.29) is 5.91 Å². The van der Waals surface area contributed by atoms with Gasteiger partial charge in [0.25, 0.3) is 0 Å². The number of anilines is 2. The minimum Gasteiger partial charge on any atom is -0.374 e. The summed E-state index contributed by atoms with van der Waals surface area (Å²) in [6.45, 7) is 2.36. The van der Waals surface area contributed by atoms with Gasteiger partial charge in [0.05, 0.1) is 17.9 Å². The molecule has 2 rings (SSSR count). The summed E-state index contributed by atoms with van der Waals surface area (Å²) in [4.78, 5) is 11.0. The maximum Gasteiger partial charge on any atom is 0.243 e. The van der Waals surface area contributed by atoms with E-state index in [4.69, 9.17) is 0 Å². The van der Waals surface area contributed by atoms with Gasteiger partial charge in [-0.2, -0.15) is 0 Å². The van der Waals surface area contributed by atoms with Gasteiger partial charge in [0.1, 0.15) is 0 Å². The smallest absolute Gasteiger partial charge is 0.243 e. The molecule has 2 N–H and O–H groups in total. The second-order valence-electron chi connectivity index (χ2n) is 3.00. The van der Waals surface area contributed by atoms with Crippen molar-refractivity contribution < 1.29 is 4.79 Å². The number of halogens is 1. The van der Waals surface area contributed by atoms with E-state index < -0.39 is 0 Å². The lowest BCUT2D eigenvalue weighted by Crippen LogP contribution is -2.27. The molecule has 3 nitrogen and oxygen atoms in total. The molecule has 0 fully saturated rings. The molecule has 4 heteroatoms. The summed E-state index contributed by atoms with van der Waals surface area (Å²) in [5.74, 6) is 0.00854. The standard InChI is InChI=1S/C9H9BrN2O/c1-5-6(10)2-3-7-9(5)11-4-8(13)12-7/h2-3,11H,4H2,1H3,(H,12,13). The minimum atomic E-state index is 0.00854. The second kappa shape index (κ2) is 3.03. The molecule has 0 atom stereocenters. The summed E-state index contributed by atoms with van der Waals surface area (Å²) in [7, 11) is 0. The topological polar surface area (TPSA) is 41.1 Å². The molecule has 0 aliphatic carbocycles. The number of rotatable bonds is 0. The Labute approximate surface area is 84.6 Å². The highest BCUT2D eigenvalue weighted by molar-refractivity contribution is 9.10. The van der Waals surface area contributed by atoms with Crippen LogP contribution in [0.2, 0.25) is 0 Å². The number of benzene rings is 1. The van der Waals surface area contributed by atoms with Crippen LogP contribution in [0.3, 0.4) is 0 Å². The van der Waals surface area contributed by atoms with Gasteiger partial charge in [-0.25, -0.2) is 0 Å². The third-order valence-corrected chi connectivity index (χ3v) is 2.96. The number of fused-ring (bicyclic) bond motifs is 1. The monoisotopic (exact) mass is 240 g/mol. The van der Waals surface area contributed by atoms with Crippen LogP contribution in [0.15, 0.2) is 16.6 Å². The Kier molecular flexibility index (Phi) is 2.00. The van der Waals surface area contributed by atoms with Gasteiger partial charge >= 0.3 is 0 Å². The molecule has 1 aromatic rings. The molecule has 13 heavy (non-hydrogen) atoms. The molecule has 1 aliphatic rings. The predicted octanol–water partition coefficient (Wildman–Crippen LogP) is 2.12. The van der Waals surface area contributed by atoms with Crippen molar-refractivity contribution in [2.75, 3.05) is 17.2 Å². The van der Waals surface area contributed by atoms with Gasteiger partial charge in [-0.1, -0.05) is 15.9 Å². The van der Waals surface area contributed by atoms with Crippen molar-refractivity contribution in [2.24, 2.45) is 0 Å². The fourth-order valence-electron chi connectivity index (χ4n) is 1.38. The van der Waals surface area contributed by atoms with Crippen molar-refractivity contribution in [1.82, 2.24) is 0 Å². The highest BCUT2D eigenvalue weighted by Crippen LogP contribution is 2.32. The fourth-order valence-corrected chi connectivity index (χ4v) is 1.71. The number of nitrogens with one attached hydrogen (secondary N) is 2. The Morgan fingerprint density at radius 2 is 2.23 bits per heavy atom. The van der Waals surface area contributed by atoms with Crippen LogP contribution in [0.5, 0.6) is 0 Å². The first-order valence-electron chi connectivity index (χ1n) is 4.01. The third-order valence-electron chi connectivity index (χ3n) is 2.10. The van der Waals surface area contributed by atoms with E-state index in [1.165, 1.54) is 0 Å². The van der Waals surface area contributed by atoms with Crippen molar-refractivity contribution in [3.8, 4) is 0 Å². The molecule has 0 saturated carbocycles. The largest absolute Gasteiger partial charge is 0.374 e. The SMILES string of the molecule is Cc1c(Br)ccc2c1NCC(=O)N2. The first-order valence-corrected chi connectivity index (χ1v) is 4.80. The molecule has 1 amide bonds. The lowest BCUT2D eigenvalue weighted by Gasteiger charge is -2.21. The van der Waals surface area contributed by atoms with Crippen LogP contribution < -0.4 is 10.6 Å². The molecule has 0 unspecified atom stereocenters. The van der Waals surface area contributed by atoms with Gasteiger partial charge in [0, 0.05) is 4.47 Å². The summed E-state index contributed by atoms with van der Waals surface area (Å²) in [5.41, 5.74) is 2.99. The highest BCUT2D eigenvalue weighted by Gasteiger charge is 2.16. The Morgan fingerprint density at radius 3 is 3.00 bits per heavy atom. The van der Waals surface area contributed by atoms with Crippen LogP contribution in [0.4, 0.5) is 11.4 Å². The van der Waals surface area contributed by atoms with Crippen LogP contribution in [0, 0.1) is 6.92 Å². The van der Waals surface area contributed by atoms with E-state index >= 15 is 0 Å². The van der Waals surface area contributed by atoms with Gasteiger partial charge in [0.15, 0.2) is 0 Å². The van der Waals surface area contributed by atoms with Crippen LogP contribution in [-0.4, -0.2) is 12.5 Å². The van der Waals surface area contributed by atoms with Gasteiger partial charge in [-0.05, 0) is 24.6 Å². The molecule has 1 aromatic carbocycles. The molecule has 68 valence electrons. The van der Waals surface area contributed by atoms with Crippen molar-refractivity contribution >= 4 is 33.2 Å². The lowest BCUT2D eigenvalue weighted by molar-refractivity contribution is -0.114. The molecule has 0 bridgehead atoms. The maximum absolute atomic E-state index is 11.0. The minimum absolute atomic E-state index is 0.00854. The molecule has 1 aliphatic heterocycles. The molecule has 0 aromatic heterocycles. The first-order chi connectivity index (χ1) is 6.18. The average molecular weight is 241 g/mol. The van der Waals surface area contributed by atoms with E-state index in [1.807, 2.05) is 19.1 Å². The molecular weight excluding hydrogens is 232 g/mol. The molecular formula is C9H9BrN2O. The Bertz CT molecular complexity index is 376. The average Bonchev–Trinajstić information content (AvgIpc) is 2.12. The van der Waals surface area contributed by atoms with Crippen LogP contribution in [-0.2, 0) is 4.79 Å². The maximum atomic E-state index is 11.0. The van der Waals surface area contributed by atoms with Crippen molar-refractivity contribution in [3.63, 3.8) is 0 Å². The second-order valence-corrected chi connectivity index (χ2v) is 3.85. The van der Waals surface area contributed by atoms with E-state index in [0.29, 0.717) is 6.54 Å². The Morgan fingerprint density at radius 1 is 1.46 bits per heavy atom. The predicted molar refractivity (Wildman–Crippen MR) is 56.0 cm³/mol. The zero-order valence-electron chi connectivity index (χ0n) is 7.15. The van der Waals surface area contributed by atoms with Crippen molar-refractivity contribution in [2.45, 2.75) is 6.92 Å². The number of hydrogen-bond donors (Lipinski definition) is 2. The van der Waals surface area contributed by atoms with Crippen LogP contribution in [0.25, 0.3) is 0 Å². The number of hydrogen-bond acceptors (Lipinski definition) is 2. The Balaban J connectivity index is 2.53. The van der Waals surface area contributed by atoms with Crippen molar-refractivity contribution in [3.05, 3.63) is 22.2 Å². The fraction of sp³-hybridized carbons (Fsp3) is 0.222. The zero-order chi connectivity index (χ0) is 9.42. The Hall–Kier alpha value is -1.03. The van der Waals surface area contributed by atoms with Crippen LogP contribution in [0.1, 0.15) is 5.56 Å². The number of amides is 1. The van der Waals surface area contributed by atoms with E-state index in [2.05, 4.69) is 26.6 Å². The number of carbonyl (C=O) groups excluding carboxylic acids is 1. The van der Waals surface area contributed by atoms with E-state index in [1.54, 1.807) is 0 Å². The summed E-state index contributed by atoms with van der Waals surface area (Å²) in [6.07, 6.45) is 0. The summed E-state index contributed by atoms with van der Waals surface area (Å²) in [6, 6.07) is 3.82. The van der Waals surface area contributed by atoms with Gasteiger partial charge < -0.3 is 10.6 Å². The first kappa shape index (κ1) is 8.56. The van der Waals surface area contributed by atoms with E-state index in [0.717, 1.165) is 21.4 Å². The molecule has 0 radical (unpaired) electrons. The van der Waals surface area contributed by atoms with Gasteiger partial charge in [-0.15, -0.1) is 0 Å². The zero-order valence-corrected chi connectivity index (χ0v) is 8.73. The van der Waals surface area contributed by atoms with E-state index in [9.17, 15) is 4.79 Å². The normalized spacial score (nSPS) is 14.5. The highest BCUT2D eigenvalue weighted by atomic mass is 79.9. The summed E-state index contributed by atoms with van der Waals surface area (Å²) < 4.78 is 1.05. The summed E-state index contributed by atoms with van der Waals surface area (Å²) in [5, 5.41) is 5.89. The molecule has 1 heterocycles. The quantitative estimate of drug-likeness (QED) is 0.730. The van der Waals surface area contributed by atoms with Gasteiger partial charge in [-0.3, -0.25) is 4.79 Å².